The van der Waals surface area contributed by atoms with Crippen LogP contribution in [-0.2, 0) is 6.42 Å². The number of hydrogen-bond acceptors (Lipinski definition) is 3. The van der Waals surface area contributed by atoms with Gasteiger partial charge in [-0.3, -0.25) is 4.79 Å². The molecular formula is C11H15ClN2O2. The second kappa shape index (κ2) is 5.72. The minimum absolute atomic E-state index is 0. The summed E-state index contributed by atoms with van der Waals surface area (Å²) in [6, 6.07) is 5.53. The highest BCUT2D eigenvalue weighted by molar-refractivity contribution is 5.96. The van der Waals surface area contributed by atoms with Gasteiger partial charge in [-0.1, -0.05) is 6.07 Å². The van der Waals surface area contributed by atoms with Crippen molar-refractivity contribution in [1.82, 2.24) is 5.32 Å². The maximum atomic E-state index is 11.7. The van der Waals surface area contributed by atoms with Crippen molar-refractivity contribution in [1.29, 1.82) is 0 Å². The van der Waals surface area contributed by atoms with Gasteiger partial charge in [0.1, 0.15) is 5.75 Å². The third-order valence-electron chi connectivity index (χ3n) is 2.47. The van der Waals surface area contributed by atoms with E-state index < -0.39 is 0 Å². The van der Waals surface area contributed by atoms with Crippen molar-refractivity contribution in [3.8, 4) is 5.75 Å². The van der Waals surface area contributed by atoms with Gasteiger partial charge in [-0.25, -0.2) is 0 Å². The fraction of sp³-hybridized carbons (Fsp3) is 0.364. The first-order valence-corrected chi connectivity index (χ1v) is 5.06. The molecule has 1 aromatic rings. The molecule has 0 spiro atoms. The summed E-state index contributed by atoms with van der Waals surface area (Å²) >= 11 is 0. The van der Waals surface area contributed by atoms with Crippen molar-refractivity contribution in [2.24, 2.45) is 5.73 Å². The molecule has 1 aliphatic rings. The highest BCUT2D eigenvalue weighted by Crippen LogP contribution is 2.27. The van der Waals surface area contributed by atoms with Crippen molar-refractivity contribution in [2.45, 2.75) is 12.8 Å². The summed E-state index contributed by atoms with van der Waals surface area (Å²) < 4.78 is 5.48. The smallest absolute Gasteiger partial charge is 0.252 e. The van der Waals surface area contributed by atoms with Crippen LogP contribution in [0.3, 0.4) is 0 Å². The largest absolute Gasteiger partial charge is 0.493 e. The van der Waals surface area contributed by atoms with Gasteiger partial charge in [-0.05, 0) is 25.0 Å². The number of fused-ring (bicyclic) bond motifs is 1. The van der Waals surface area contributed by atoms with Gasteiger partial charge >= 0.3 is 0 Å². The molecule has 0 saturated carbocycles. The maximum absolute atomic E-state index is 11.7. The van der Waals surface area contributed by atoms with Gasteiger partial charge in [-0.15, -0.1) is 12.4 Å². The van der Waals surface area contributed by atoms with Crippen LogP contribution in [0.4, 0.5) is 0 Å². The molecule has 0 aromatic heterocycles. The summed E-state index contributed by atoms with van der Waals surface area (Å²) in [6.45, 7) is 0.887. The molecule has 1 heterocycles. The van der Waals surface area contributed by atoms with Crippen LogP contribution in [0.15, 0.2) is 18.2 Å². The molecule has 3 N–H and O–H groups in total. The first kappa shape index (κ1) is 12.8. The maximum Gasteiger partial charge on any atom is 0.252 e. The van der Waals surface area contributed by atoms with Crippen molar-refractivity contribution >= 4 is 18.3 Å². The average Bonchev–Trinajstić information content (AvgIpc) is 2.28. The zero-order valence-corrected chi connectivity index (χ0v) is 9.68. The van der Waals surface area contributed by atoms with Crippen LogP contribution in [0.2, 0.25) is 0 Å². The summed E-state index contributed by atoms with van der Waals surface area (Å²) in [4.78, 5) is 11.7. The van der Waals surface area contributed by atoms with E-state index in [0.717, 1.165) is 30.8 Å². The molecular weight excluding hydrogens is 228 g/mol. The zero-order valence-electron chi connectivity index (χ0n) is 8.86. The van der Waals surface area contributed by atoms with E-state index in [4.69, 9.17) is 10.5 Å². The van der Waals surface area contributed by atoms with Crippen LogP contribution >= 0.6 is 12.4 Å². The molecule has 2 rings (SSSR count). The summed E-state index contributed by atoms with van der Waals surface area (Å²) in [5.41, 5.74) is 6.95. The first-order valence-electron chi connectivity index (χ1n) is 5.06. The Kier molecular flexibility index (Phi) is 4.58. The lowest BCUT2D eigenvalue weighted by Crippen LogP contribution is -2.30. The van der Waals surface area contributed by atoms with Crippen LogP contribution in [0.5, 0.6) is 5.75 Å². The van der Waals surface area contributed by atoms with E-state index in [2.05, 4.69) is 5.32 Å². The number of carbonyl (C=O) groups is 1. The Morgan fingerprint density at radius 3 is 3.06 bits per heavy atom. The van der Waals surface area contributed by atoms with Crippen LogP contribution in [0.25, 0.3) is 0 Å². The van der Waals surface area contributed by atoms with E-state index in [9.17, 15) is 4.79 Å². The fourth-order valence-electron chi connectivity index (χ4n) is 1.79. The van der Waals surface area contributed by atoms with Crippen molar-refractivity contribution in [3.63, 3.8) is 0 Å². The molecule has 1 amide bonds. The molecule has 0 bridgehead atoms. The minimum atomic E-state index is -0.125. The third kappa shape index (κ3) is 2.46. The second-order valence-electron chi connectivity index (χ2n) is 3.44. The van der Waals surface area contributed by atoms with E-state index >= 15 is 0 Å². The Labute approximate surface area is 101 Å². The fourth-order valence-corrected chi connectivity index (χ4v) is 1.79. The molecule has 0 unspecified atom stereocenters. The third-order valence-corrected chi connectivity index (χ3v) is 2.47. The van der Waals surface area contributed by atoms with Crippen molar-refractivity contribution in [3.05, 3.63) is 29.3 Å². The summed E-state index contributed by atoms with van der Waals surface area (Å²) in [7, 11) is 0. The van der Waals surface area contributed by atoms with Crippen molar-refractivity contribution in [2.75, 3.05) is 13.3 Å². The molecule has 0 fully saturated rings. The lowest BCUT2D eigenvalue weighted by molar-refractivity contribution is 0.0952. The Hall–Kier alpha value is -1.26. The molecule has 1 aromatic carbocycles. The van der Waals surface area contributed by atoms with E-state index in [1.54, 1.807) is 6.07 Å². The van der Waals surface area contributed by atoms with Crippen LogP contribution in [0.1, 0.15) is 22.3 Å². The van der Waals surface area contributed by atoms with Crippen LogP contribution in [0, 0.1) is 0 Å². The number of nitrogens with one attached hydrogen (secondary N) is 1. The SMILES string of the molecule is Cl.NCNC(=O)c1cccc2c1CCCO2. The lowest BCUT2D eigenvalue weighted by Gasteiger charge is -2.19. The Balaban J connectivity index is 0.00000128. The Morgan fingerprint density at radius 1 is 1.50 bits per heavy atom. The highest BCUT2D eigenvalue weighted by Gasteiger charge is 2.17. The molecule has 88 valence electrons. The summed E-state index contributed by atoms with van der Waals surface area (Å²) in [5.74, 6) is 0.700. The standard InChI is InChI=1S/C11H14N2O2.ClH/c12-7-13-11(14)9-3-1-5-10-8(9)4-2-6-15-10;/h1,3,5H,2,4,6-7,12H2,(H,13,14);1H. The van der Waals surface area contributed by atoms with E-state index in [1.165, 1.54) is 0 Å². The molecule has 0 saturated heterocycles. The topological polar surface area (TPSA) is 64.3 Å². The summed E-state index contributed by atoms with van der Waals surface area (Å²) in [6.07, 6.45) is 1.85. The number of amides is 1. The second-order valence-corrected chi connectivity index (χ2v) is 3.44. The zero-order chi connectivity index (χ0) is 10.7. The van der Waals surface area contributed by atoms with Gasteiger partial charge in [0.25, 0.3) is 5.91 Å². The molecule has 16 heavy (non-hydrogen) atoms. The van der Waals surface area contributed by atoms with E-state index in [-0.39, 0.29) is 25.0 Å². The number of nitrogens with two attached hydrogens (primary N) is 1. The molecule has 5 heteroatoms. The molecule has 1 aliphatic heterocycles. The molecule has 4 nitrogen and oxygen atoms in total. The first-order chi connectivity index (χ1) is 7.33. The highest BCUT2D eigenvalue weighted by atomic mass is 35.5. The number of carbonyl (C=O) groups excluding carboxylic acids is 1. The van der Waals surface area contributed by atoms with Gasteiger partial charge in [0.05, 0.1) is 13.3 Å². The van der Waals surface area contributed by atoms with Gasteiger partial charge in [0, 0.05) is 11.1 Å². The Bertz CT molecular complexity index is 382. The van der Waals surface area contributed by atoms with Crippen LogP contribution < -0.4 is 15.8 Å². The Morgan fingerprint density at radius 2 is 2.31 bits per heavy atom. The van der Waals surface area contributed by atoms with Gasteiger partial charge < -0.3 is 15.8 Å². The van der Waals surface area contributed by atoms with Crippen molar-refractivity contribution < 1.29 is 9.53 Å². The number of ether oxygens (including phenoxy) is 1. The predicted molar refractivity (Wildman–Crippen MR) is 64.0 cm³/mol. The van der Waals surface area contributed by atoms with E-state index in [1.807, 2.05) is 12.1 Å². The van der Waals surface area contributed by atoms with Crippen LogP contribution in [-0.4, -0.2) is 19.2 Å². The summed E-state index contributed by atoms with van der Waals surface area (Å²) in [5, 5.41) is 2.60. The predicted octanol–water partition coefficient (Wildman–Crippen LogP) is 1.08. The number of rotatable bonds is 2. The number of halogens is 1. The van der Waals surface area contributed by atoms with Gasteiger partial charge in [-0.2, -0.15) is 0 Å². The molecule has 0 aliphatic carbocycles. The average molecular weight is 243 g/mol. The minimum Gasteiger partial charge on any atom is -0.493 e. The quantitative estimate of drug-likeness (QED) is 0.763. The lowest BCUT2D eigenvalue weighted by atomic mass is 9.99. The normalized spacial score (nSPS) is 13.1. The number of benzene rings is 1. The number of hydrogen-bond donors (Lipinski definition) is 2. The van der Waals surface area contributed by atoms with E-state index in [0.29, 0.717) is 5.56 Å². The molecule has 0 atom stereocenters. The van der Waals surface area contributed by atoms with Gasteiger partial charge in [0.15, 0.2) is 0 Å². The molecule has 0 radical (unpaired) electrons. The monoisotopic (exact) mass is 242 g/mol. The van der Waals surface area contributed by atoms with Gasteiger partial charge in [0.2, 0.25) is 0 Å².